The van der Waals surface area contributed by atoms with E-state index < -0.39 is 0 Å². The average molecular weight is 342 g/mol. The van der Waals surface area contributed by atoms with E-state index in [-0.39, 0.29) is 5.91 Å². The van der Waals surface area contributed by atoms with Crippen LogP contribution in [0, 0.1) is 18.3 Å². The van der Waals surface area contributed by atoms with Crippen molar-refractivity contribution in [1.82, 2.24) is 5.32 Å². The monoisotopic (exact) mass is 341 g/mol. The van der Waals surface area contributed by atoms with Gasteiger partial charge in [0.25, 0.3) is 5.91 Å². The normalized spacial score (nSPS) is 17.4. The Bertz CT molecular complexity index is 721. The molecule has 0 saturated carbocycles. The molecule has 1 heterocycles. The molecule has 24 heavy (non-hydrogen) atoms. The molecule has 1 N–H and O–H groups in total. The predicted molar refractivity (Wildman–Crippen MR) is 102 cm³/mol. The van der Waals surface area contributed by atoms with E-state index in [0.717, 1.165) is 24.0 Å². The highest BCUT2D eigenvalue weighted by atomic mass is 32.1. The molecule has 0 bridgehead atoms. The van der Waals surface area contributed by atoms with Crippen molar-refractivity contribution in [3.05, 3.63) is 56.8 Å². The van der Waals surface area contributed by atoms with Crippen LogP contribution in [0.3, 0.4) is 0 Å². The summed E-state index contributed by atoms with van der Waals surface area (Å²) in [5, 5.41) is 5.14. The first-order valence-electron chi connectivity index (χ1n) is 8.77. The second-order valence-electron chi connectivity index (χ2n) is 8.03. The summed E-state index contributed by atoms with van der Waals surface area (Å²) >= 11 is 1.76. The Morgan fingerprint density at radius 3 is 2.62 bits per heavy atom. The predicted octanol–water partition coefficient (Wildman–Crippen LogP) is 5.14. The molecule has 3 heteroatoms. The maximum Gasteiger partial charge on any atom is 0.252 e. The molecule has 0 spiro atoms. The van der Waals surface area contributed by atoms with Crippen molar-refractivity contribution < 1.29 is 4.79 Å². The molecule has 2 aromatic rings. The number of benzene rings is 1. The number of hydrogen-bond donors (Lipinski definition) is 1. The standard InChI is InChI=1S/C21H27NOS/c1-14-5-7-15(8-6-14)12-22-20(23)18-13-24-19-11-16(21(2,3)4)9-10-17(18)19/h5-8,13,16H,9-12H2,1-4H3,(H,22,23). The van der Waals surface area contributed by atoms with Crippen LogP contribution in [0.15, 0.2) is 29.6 Å². The highest BCUT2D eigenvalue weighted by molar-refractivity contribution is 7.10. The Kier molecular flexibility index (Phi) is 4.82. The van der Waals surface area contributed by atoms with Gasteiger partial charge < -0.3 is 5.32 Å². The number of fused-ring (bicyclic) bond motifs is 1. The molecule has 1 aromatic carbocycles. The van der Waals surface area contributed by atoms with Gasteiger partial charge >= 0.3 is 0 Å². The van der Waals surface area contributed by atoms with E-state index in [2.05, 4.69) is 62.7 Å². The molecule has 1 amide bonds. The number of hydrogen-bond acceptors (Lipinski definition) is 2. The molecule has 1 aliphatic carbocycles. The van der Waals surface area contributed by atoms with Gasteiger partial charge in [-0.25, -0.2) is 0 Å². The summed E-state index contributed by atoms with van der Waals surface area (Å²) in [7, 11) is 0. The third kappa shape index (κ3) is 3.72. The van der Waals surface area contributed by atoms with Crippen molar-refractivity contribution in [2.24, 2.45) is 11.3 Å². The van der Waals surface area contributed by atoms with Crippen LogP contribution in [-0.2, 0) is 19.4 Å². The van der Waals surface area contributed by atoms with Crippen molar-refractivity contribution in [3.8, 4) is 0 Å². The Hall–Kier alpha value is -1.61. The number of carbonyl (C=O) groups is 1. The van der Waals surface area contributed by atoms with E-state index in [1.807, 2.05) is 0 Å². The lowest BCUT2D eigenvalue weighted by atomic mass is 9.72. The van der Waals surface area contributed by atoms with Crippen LogP contribution in [0.25, 0.3) is 0 Å². The van der Waals surface area contributed by atoms with Crippen molar-refractivity contribution in [2.75, 3.05) is 0 Å². The number of thiophene rings is 1. The van der Waals surface area contributed by atoms with E-state index in [1.165, 1.54) is 22.4 Å². The van der Waals surface area contributed by atoms with Gasteiger partial charge in [0.15, 0.2) is 0 Å². The maximum atomic E-state index is 12.6. The van der Waals surface area contributed by atoms with E-state index >= 15 is 0 Å². The van der Waals surface area contributed by atoms with Crippen LogP contribution >= 0.6 is 11.3 Å². The van der Waals surface area contributed by atoms with Crippen LogP contribution in [0.2, 0.25) is 0 Å². The molecule has 0 radical (unpaired) electrons. The van der Waals surface area contributed by atoms with Gasteiger partial charge in [-0.05, 0) is 48.6 Å². The van der Waals surface area contributed by atoms with Gasteiger partial charge in [0.2, 0.25) is 0 Å². The summed E-state index contributed by atoms with van der Waals surface area (Å²) < 4.78 is 0. The molecule has 2 nitrogen and oxygen atoms in total. The van der Waals surface area contributed by atoms with E-state index in [1.54, 1.807) is 11.3 Å². The van der Waals surface area contributed by atoms with E-state index in [4.69, 9.17) is 0 Å². The smallest absolute Gasteiger partial charge is 0.252 e. The third-order valence-electron chi connectivity index (χ3n) is 5.20. The second-order valence-corrected chi connectivity index (χ2v) is 8.99. The molecular weight excluding hydrogens is 314 g/mol. The quantitative estimate of drug-likeness (QED) is 0.823. The van der Waals surface area contributed by atoms with E-state index in [9.17, 15) is 4.79 Å². The minimum Gasteiger partial charge on any atom is -0.348 e. The molecule has 0 fully saturated rings. The largest absolute Gasteiger partial charge is 0.348 e. The average Bonchev–Trinajstić information content (AvgIpc) is 2.96. The Labute approximate surface area is 149 Å². The third-order valence-corrected chi connectivity index (χ3v) is 6.25. The van der Waals surface area contributed by atoms with Gasteiger partial charge in [0, 0.05) is 16.8 Å². The number of aryl methyl sites for hydroxylation is 1. The van der Waals surface area contributed by atoms with Crippen molar-refractivity contribution in [3.63, 3.8) is 0 Å². The second kappa shape index (κ2) is 6.72. The molecule has 1 atom stereocenters. The molecule has 0 aliphatic heterocycles. The van der Waals surface area contributed by atoms with Crippen LogP contribution in [0.5, 0.6) is 0 Å². The van der Waals surface area contributed by atoms with Gasteiger partial charge in [-0.1, -0.05) is 50.6 Å². The zero-order valence-corrected chi connectivity index (χ0v) is 15.9. The van der Waals surface area contributed by atoms with Crippen LogP contribution in [0.1, 0.15) is 59.1 Å². The summed E-state index contributed by atoms with van der Waals surface area (Å²) in [4.78, 5) is 14.0. The van der Waals surface area contributed by atoms with Crippen molar-refractivity contribution in [2.45, 2.75) is 53.5 Å². The highest BCUT2D eigenvalue weighted by Crippen LogP contribution is 2.40. The van der Waals surface area contributed by atoms with Crippen molar-refractivity contribution >= 4 is 17.2 Å². The molecule has 1 unspecified atom stereocenters. The fourth-order valence-electron chi connectivity index (χ4n) is 3.43. The number of carbonyl (C=O) groups excluding carboxylic acids is 1. The molecule has 128 valence electrons. The highest BCUT2D eigenvalue weighted by Gasteiger charge is 2.31. The Morgan fingerprint density at radius 1 is 1.25 bits per heavy atom. The van der Waals surface area contributed by atoms with Gasteiger partial charge in [0.05, 0.1) is 5.56 Å². The SMILES string of the molecule is Cc1ccc(CNC(=O)c2csc3c2CCC(C(C)(C)C)C3)cc1. The molecule has 3 rings (SSSR count). The van der Waals surface area contributed by atoms with Gasteiger partial charge in [-0.2, -0.15) is 0 Å². The summed E-state index contributed by atoms with van der Waals surface area (Å²) in [6.07, 6.45) is 3.34. The van der Waals surface area contributed by atoms with Gasteiger partial charge in [-0.15, -0.1) is 11.3 Å². The number of nitrogens with one attached hydrogen (secondary N) is 1. The molecule has 0 saturated heterocycles. The minimum atomic E-state index is 0.0716. The fraction of sp³-hybridized carbons (Fsp3) is 0.476. The Balaban J connectivity index is 1.67. The maximum absolute atomic E-state index is 12.6. The van der Waals surface area contributed by atoms with Crippen LogP contribution in [-0.4, -0.2) is 5.91 Å². The first kappa shape index (κ1) is 17.2. The summed E-state index contributed by atoms with van der Waals surface area (Å²) in [6.45, 7) is 9.64. The summed E-state index contributed by atoms with van der Waals surface area (Å²) in [5.74, 6) is 0.786. The fourth-order valence-corrected chi connectivity index (χ4v) is 4.59. The minimum absolute atomic E-state index is 0.0716. The topological polar surface area (TPSA) is 29.1 Å². The van der Waals surface area contributed by atoms with Crippen LogP contribution < -0.4 is 5.32 Å². The first-order valence-corrected chi connectivity index (χ1v) is 9.65. The number of rotatable bonds is 3. The van der Waals surface area contributed by atoms with E-state index in [0.29, 0.717) is 17.9 Å². The zero-order chi connectivity index (χ0) is 17.3. The lowest BCUT2D eigenvalue weighted by molar-refractivity contribution is 0.0950. The van der Waals surface area contributed by atoms with Gasteiger partial charge in [0.1, 0.15) is 0 Å². The lowest BCUT2D eigenvalue weighted by Crippen LogP contribution is -2.28. The molecule has 1 aliphatic rings. The summed E-state index contributed by atoms with van der Waals surface area (Å²) in [6, 6.07) is 8.32. The molecular formula is C21H27NOS. The lowest BCUT2D eigenvalue weighted by Gasteiger charge is -2.34. The van der Waals surface area contributed by atoms with Gasteiger partial charge in [-0.3, -0.25) is 4.79 Å². The van der Waals surface area contributed by atoms with Crippen molar-refractivity contribution in [1.29, 1.82) is 0 Å². The number of amides is 1. The first-order chi connectivity index (χ1) is 11.3. The zero-order valence-electron chi connectivity index (χ0n) is 15.1. The molecule has 1 aromatic heterocycles. The van der Waals surface area contributed by atoms with Crippen LogP contribution in [0.4, 0.5) is 0 Å². The summed E-state index contributed by atoms with van der Waals surface area (Å²) in [5.41, 5.74) is 4.92. The Morgan fingerprint density at radius 2 is 1.96 bits per heavy atom.